The monoisotopic (exact) mass is 627 g/mol. The third-order valence-electron chi connectivity index (χ3n) is 9.51. The zero-order chi connectivity index (χ0) is 30.8. The number of piperazine rings is 1. The zero-order valence-electron chi connectivity index (χ0n) is 26.1. The molecule has 3 aromatic heterocycles. The first-order chi connectivity index (χ1) is 21.9. The van der Waals surface area contributed by atoms with Gasteiger partial charge in [-0.25, -0.2) is 4.39 Å². The van der Waals surface area contributed by atoms with E-state index in [1.165, 1.54) is 44.1 Å². The molecule has 9 heteroatoms. The molecule has 3 aliphatic rings. The molecule has 2 aliphatic heterocycles. The maximum absolute atomic E-state index is 15.0. The molecule has 4 aromatic rings. The summed E-state index contributed by atoms with van der Waals surface area (Å²) in [7, 11) is 2.23. The summed E-state index contributed by atoms with van der Waals surface area (Å²) in [6.07, 6.45) is 9.46. The van der Waals surface area contributed by atoms with Gasteiger partial charge < -0.3 is 14.5 Å². The topological polar surface area (TPSA) is 61.8 Å². The van der Waals surface area contributed by atoms with Crippen molar-refractivity contribution in [1.82, 2.24) is 24.7 Å². The van der Waals surface area contributed by atoms with E-state index < -0.39 is 5.82 Å². The van der Waals surface area contributed by atoms with Gasteiger partial charge in [-0.1, -0.05) is 12.1 Å². The number of fused-ring (bicyclic) bond motifs is 1. The van der Waals surface area contributed by atoms with E-state index in [0.717, 1.165) is 72.3 Å². The molecule has 2 saturated heterocycles. The number of carbonyl (C=O) groups is 1. The highest BCUT2D eigenvalue weighted by Gasteiger charge is 2.25. The number of pyridine rings is 2. The van der Waals surface area contributed by atoms with Crippen molar-refractivity contribution in [2.75, 3.05) is 52.9 Å². The van der Waals surface area contributed by atoms with Gasteiger partial charge in [-0.15, -0.1) is 11.3 Å². The second-order valence-corrected chi connectivity index (χ2v) is 14.3. The number of Topliss-reactive ketones (excluding diaryl/α,β-unsaturated/α-hetero) is 1. The van der Waals surface area contributed by atoms with Gasteiger partial charge >= 0.3 is 0 Å². The van der Waals surface area contributed by atoms with Crippen molar-refractivity contribution in [2.24, 2.45) is 11.8 Å². The van der Waals surface area contributed by atoms with Gasteiger partial charge in [0, 0.05) is 70.6 Å². The fraction of sp³-hybridized carbons (Fsp3) is 0.472. The average Bonchev–Trinajstić information content (AvgIpc) is 3.74. The number of carbonyl (C=O) groups excluding carboxylic acids is 1. The van der Waals surface area contributed by atoms with E-state index in [0.29, 0.717) is 23.7 Å². The number of hydrogen-bond donors (Lipinski definition) is 0. The summed E-state index contributed by atoms with van der Waals surface area (Å²) in [5, 5.41) is 0. The minimum atomic E-state index is -0.468. The Morgan fingerprint density at radius 1 is 0.889 bits per heavy atom. The minimum Gasteiger partial charge on any atom is -0.453 e. The van der Waals surface area contributed by atoms with Crippen LogP contribution in [0.2, 0.25) is 0 Å². The summed E-state index contributed by atoms with van der Waals surface area (Å²) < 4.78 is 21.9. The summed E-state index contributed by atoms with van der Waals surface area (Å²) in [5.74, 6) is 1.78. The average molecular weight is 628 g/mol. The van der Waals surface area contributed by atoms with Gasteiger partial charge in [0.2, 0.25) is 0 Å². The van der Waals surface area contributed by atoms with Crippen LogP contribution in [0.15, 0.2) is 54.9 Å². The second kappa shape index (κ2) is 13.6. The summed E-state index contributed by atoms with van der Waals surface area (Å²) in [4.78, 5) is 30.2. The van der Waals surface area contributed by atoms with Crippen molar-refractivity contribution < 1.29 is 13.9 Å². The first-order valence-electron chi connectivity index (χ1n) is 16.4. The lowest BCUT2D eigenvalue weighted by Crippen LogP contribution is -2.48. The van der Waals surface area contributed by atoms with Gasteiger partial charge in [-0.3, -0.25) is 19.7 Å². The van der Waals surface area contributed by atoms with E-state index in [1.54, 1.807) is 35.7 Å². The van der Waals surface area contributed by atoms with Crippen molar-refractivity contribution in [3.8, 4) is 22.1 Å². The molecule has 3 fully saturated rings. The number of piperidine rings is 1. The molecule has 0 unspecified atom stereocenters. The van der Waals surface area contributed by atoms with Crippen LogP contribution >= 0.6 is 11.3 Å². The Hall–Kier alpha value is -3.24. The van der Waals surface area contributed by atoms with Gasteiger partial charge in [0.15, 0.2) is 11.6 Å². The van der Waals surface area contributed by atoms with Crippen molar-refractivity contribution in [2.45, 2.75) is 45.1 Å². The Morgan fingerprint density at radius 2 is 1.67 bits per heavy atom. The SMILES string of the molecule is CN1CCC(CN2CCN(Cc3ccc(-c4cc5nccc(Oc6ccc(CC(=O)CC7CC7)cc6F)c5s4)nc3)CC2)CC1. The Bertz CT molecular complexity index is 1620. The van der Waals surface area contributed by atoms with Crippen LogP contribution in [0.3, 0.4) is 0 Å². The molecule has 7 nitrogen and oxygen atoms in total. The number of thiophene rings is 1. The Balaban J connectivity index is 0.953. The number of rotatable bonds is 11. The van der Waals surface area contributed by atoms with Gasteiger partial charge in [0.25, 0.3) is 0 Å². The fourth-order valence-corrected chi connectivity index (χ4v) is 7.62. The molecule has 236 valence electrons. The maximum Gasteiger partial charge on any atom is 0.166 e. The number of halogens is 1. The van der Waals surface area contributed by atoms with E-state index in [4.69, 9.17) is 9.72 Å². The normalized spacial score (nSPS) is 18.9. The number of hydrogen-bond acceptors (Lipinski definition) is 8. The molecule has 1 saturated carbocycles. The first-order valence-corrected chi connectivity index (χ1v) is 17.2. The smallest absolute Gasteiger partial charge is 0.166 e. The molecule has 1 aromatic carbocycles. The standard InChI is InChI=1S/C36H42FN5O2S/c1-40-12-9-26(10-13-40)23-41-14-16-42(17-15-41)24-28-4-6-31(39-22-28)35-21-32-36(45-35)34(8-11-38-32)44-33-7-5-27(20-30(33)37)19-29(43)18-25-2-3-25/h4-8,11,20-22,25-26H,2-3,9-10,12-19,23-24H2,1H3. The predicted octanol–water partition coefficient (Wildman–Crippen LogP) is 6.66. The second-order valence-electron chi connectivity index (χ2n) is 13.2. The van der Waals surface area contributed by atoms with Crippen LogP contribution in [0, 0.1) is 17.7 Å². The van der Waals surface area contributed by atoms with Crippen LogP contribution in [0.4, 0.5) is 4.39 Å². The van der Waals surface area contributed by atoms with Crippen LogP contribution in [0.25, 0.3) is 20.8 Å². The highest BCUT2D eigenvalue weighted by atomic mass is 32.1. The van der Waals surface area contributed by atoms with Gasteiger partial charge in [0.1, 0.15) is 11.5 Å². The van der Waals surface area contributed by atoms with Gasteiger partial charge in [-0.2, -0.15) is 0 Å². The van der Waals surface area contributed by atoms with Crippen LogP contribution in [-0.2, 0) is 17.8 Å². The number of aromatic nitrogens is 2. The molecule has 0 spiro atoms. The Kier molecular flexibility index (Phi) is 9.21. The Morgan fingerprint density at radius 3 is 2.40 bits per heavy atom. The van der Waals surface area contributed by atoms with Crippen LogP contribution in [0.5, 0.6) is 11.5 Å². The molecule has 45 heavy (non-hydrogen) atoms. The highest BCUT2D eigenvalue weighted by molar-refractivity contribution is 7.22. The molecular formula is C36H42FN5O2S. The lowest BCUT2D eigenvalue weighted by Gasteiger charge is -2.38. The predicted molar refractivity (Wildman–Crippen MR) is 177 cm³/mol. The lowest BCUT2D eigenvalue weighted by atomic mass is 9.96. The van der Waals surface area contributed by atoms with E-state index in [-0.39, 0.29) is 18.0 Å². The Labute approximate surface area is 269 Å². The number of benzene rings is 1. The van der Waals surface area contributed by atoms with Gasteiger partial charge in [0.05, 0.1) is 20.8 Å². The molecule has 0 amide bonds. The minimum absolute atomic E-state index is 0.140. The number of ether oxygens (including phenoxy) is 1. The fourth-order valence-electron chi connectivity index (χ4n) is 6.58. The molecule has 0 N–H and O–H groups in total. The van der Waals surface area contributed by atoms with E-state index in [1.807, 2.05) is 12.3 Å². The summed E-state index contributed by atoms with van der Waals surface area (Å²) in [6.45, 7) is 9.12. The van der Waals surface area contributed by atoms with Crippen molar-refractivity contribution in [1.29, 1.82) is 0 Å². The molecule has 0 atom stereocenters. The third-order valence-corrected chi connectivity index (χ3v) is 10.7. The van der Waals surface area contributed by atoms with Gasteiger partial charge in [-0.05, 0) is 93.0 Å². The quantitative estimate of drug-likeness (QED) is 0.184. The van der Waals surface area contributed by atoms with Crippen molar-refractivity contribution >= 4 is 27.3 Å². The number of likely N-dealkylation sites (tertiary alicyclic amines) is 1. The summed E-state index contributed by atoms with van der Waals surface area (Å²) in [6, 6.07) is 12.9. The summed E-state index contributed by atoms with van der Waals surface area (Å²) in [5.41, 5.74) is 3.59. The third kappa shape index (κ3) is 7.77. The molecule has 5 heterocycles. The zero-order valence-corrected chi connectivity index (χ0v) is 26.9. The maximum atomic E-state index is 15.0. The highest BCUT2D eigenvalue weighted by Crippen LogP contribution is 2.39. The summed E-state index contributed by atoms with van der Waals surface area (Å²) >= 11 is 1.55. The number of ketones is 1. The molecule has 0 bridgehead atoms. The lowest BCUT2D eigenvalue weighted by molar-refractivity contribution is -0.118. The van der Waals surface area contributed by atoms with Crippen LogP contribution < -0.4 is 4.74 Å². The van der Waals surface area contributed by atoms with E-state index >= 15 is 0 Å². The van der Waals surface area contributed by atoms with Crippen molar-refractivity contribution in [3.63, 3.8) is 0 Å². The van der Waals surface area contributed by atoms with Crippen LogP contribution in [0.1, 0.15) is 43.2 Å². The van der Waals surface area contributed by atoms with E-state index in [2.05, 4.69) is 38.9 Å². The van der Waals surface area contributed by atoms with E-state index in [9.17, 15) is 9.18 Å². The first kappa shape index (κ1) is 30.4. The number of nitrogens with zero attached hydrogens (tertiary/aromatic N) is 5. The van der Waals surface area contributed by atoms with Crippen LogP contribution in [-0.4, -0.2) is 83.3 Å². The molecule has 7 rings (SSSR count). The van der Waals surface area contributed by atoms with Crippen molar-refractivity contribution in [3.05, 3.63) is 71.8 Å². The molecule has 0 radical (unpaired) electrons. The largest absolute Gasteiger partial charge is 0.453 e. The molecule has 1 aliphatic carbocycles. The molecular weight excluding hydrogens is 585 g/mol.